The Morgan fingerprint density at radius 3 is 2.76 bits per heavy atom. The molecule has 17 heavy (non-hydrogen) atoms. The van der Waals surface area contributed by atoms with Crippen molar-refractivity contribution in [3.8, 4) is 0 Å². The Labute approximate surface area is 111 Å². The van der Waals surface area contributed by atoms with Gasteiger partial charge in [-0.15, -0.1) is 0 Å². The van der Waals surface area contributed by atoms with E-state index in [0.717, 1.165) is 22.3 Å². The molecule has 0 unspecified atom stereocenters. The van der Waals surface area contributed by atoms with Crippen LogP contribution in [0.1, 0.15) is 19.4 Å². The van der Waals surface area contributed by atoms with Crippen LogP contribution in [0.25, 0.3) is 0 Å². The van der Waals surface area contributed by atoms with Crippen LogP contribution in [0.4, 0.5) is 5.69 Å². The van der Waals surface area contributed by atoms with Gasteiger partial charge >= 0.3 is 0 Å². The van der Waals surface area contributed by atoms with Crippen molar-refractivity contribution in [1.29, 1.82) is 0 Å². The van der Waals surface area contributed by atoms with Crippen LogP contribution in [0, 0.1) is 12.8 Å². The Morgan fingerprint density at radius 1 is 1.41 bits per heavy atom. The second kappa shape index (κ2) is 6.64. The van der Waals surface area contributed by atoms with Gasteiger partial charge in [-0.05, 0) is 40.4 Å². The third kappa shape index (κ3) is 4.77. The molecule has 1 aromatic carbocycles. The molecule has 2 N–H and O–H groups in total. The van der Waals surface area contributed by atoms with Crippen molar-refractivity contribution in [2.24, 2.45) is 5.92 Å². The summed E-state index contributed by atoms with van der Waals surface area (Å²) in [5.41, 5.74) is 2.10. The molecule has 4 heteroatoms. The molecule has 0 aliphatic rings. The van der Waals surface area contributed by atoms with Crippen LogP contribution < -0.4 is 10.6 Å². The molecule has 1 rings (SSSR count). The minimum Gasteiger partial charge on any atom is -0.375 e. The minimum atomic E-state index is 0.0205. The second-order valence-corrected chi connectivity index (χ2v) is 5.28. The number of rotatable bonds is 5. The van der Waals surface area contributed by atoms with E-state index in [2.05, 4.69) is 40.4 Å². The number of benzene rings is 1. The molecular weight excluding hydrogens is 280 g/mol. The lowest BCUT2D eigenvalue weighted by molar-refractivity contribution is -0.119. The molecule has 0 aromatic heterocycles. The van der Waals surface area contributed by atoms with Crippen LogP contribution in [-0.2, 0) is 4.79 Å². The minimum absolute atomic E-state index is 0.0205. The molecule has 0 saturated heterocycles. The fourth-order valence-corrected chi connectivity index (χ4v) is 1.74. The highest BCUT2D eigenvalue weighted by molar-refractivity contribution is 9.10. The van der Waals surface area contributed by atoms with E-state index in [9.17, 15) is 4.79 Å². The van der Waals surface area contributed by atoms with Crippen LogP contribution >= 0.6 is 15.9 Å². The molecule has 0 radical (unpaired) electrons. The molecular formula is C13H19BrN2O. The summed E-state index contributed by atoms with van der Waals surface area (Å²) in [6.45, 7) is 7.19. The van der Waals surface area contributed by atoms with Crippen LogP contribution in [0.2, 0.25) is 0 Å². The van der Waals surface area contributed by atoms with Gasteiger partial charge in [-0.1, -0.05) is 26.0 Å². The van der Waals surface area contributed by atoms with E-state index in [1.807, 2.05) is 25.1 Å². The van der Waals surface area contributed by atoms with E-state index < -0.39 is 0 Å². The molecule has 0 saturated carbocycles. The van der Waals surface area contributed by atoms with Crippen molar-refractivity contribution in [2.45, 2.75) is 20.8 Å². The van der Waals surface area contributed by atoms with Crippen molar-refractivity contribution in [2.75, 3.05) is 18.4 Å². The van der Waals surface area contributed by atoms with E-state index in [-0.39, 0.29) is 5.91 Å². The first kappa shape index (κ1) is 14.0. The Balaban J connectivity index is 2.45. The lowest BCUT2D eigenvalue weighted by Crippen LogP contribution is -2.32. The first-order chi connectivity index (χ1) is 8.00. The number of hydrogen-bond donors (Lipinski definition) is 2. The molecule has 94 valence electrons. The van der Waals surface area contributed by atoms with Gasteiger partial charge in [0.25, 0.3) is 0 Å². The van der Waals surface area contributed by atoms with Crippen molar-refractivity contribution < 1.29 is 4.79 Å². The Hall–Kier alpha value is -1.03. The molecule has 0 heterocycles. The molecule has 0 aliphatic heterocycles. The fourth-order valence-electron chi connectivity index (χ4n) is 1.34. The molecule has 3 nitrogen and oxygen atoms in total. The highest BCUT2D eigenvalue weighted by Crippen LogP contribution is 2.25. The number of hydrogen-bond acceptors (Lipinski definition) is 2. The zero-order valence-corrected chi connectivity index (χ0v) is 12.1. The third-order valence-corrected chi connectivity index (χ3v) is 3.39. The van der Waals surface area contributed by atoms with Crippen molar-refractivity contribution in [3.63, 3.8) is 0 Å². The SMILES string of the molecule is Cc1cccc(NCC(=O)NCC(C)C)c1Br. The summed E-state index contributed by atoms with van der Waals surface area (Å²) < 4.78 is 1.01. The van der Waals surface area contributed by atoms with Crippen LogP contribution in [-0.4, -0.2) is 19.0 Å². The normalized spacial score (nSPS) is 10.4. The highest BCUT2D eigenvalue weighted by Gasteiger charge is 2.05. The molecule has 0 fully saturated rings. The maximum absolute atomic E-state index is 11.5. The van der Waals surface area contributed by atoms with Gasteiger partial charge in [0.1, 0.15) is 0 Å². The monoisotopic (exact) mass is 298 g/mol. The van der Waals surface area contributed by atoms with Gasteiger partial charge in [-0.3, -0.25) is 4.79 Å². The molecule has 1 amide bonds. The number of carbonyl (C=O) groups is 1. The zero-order valence-electron chi connectivity index (χ0n) is 10.5. The lowest BCUT2D eigenvalue weighted by atomic mass is 10.2. The topological polar surface area (TPSA) is 41.1 Å². The van der Waals surface area contributed by atoms with Gasteiger partial charge in [0.05, 0.1) is 6.54 Å². The van der Waals surface area contributed by atoms with Crippen molar-refractivity contribution in [3.05, 3.63) is 28.2 Å². The number of carbonyl (C=O) groups excluding carboxylic acids is 1. The summed E-state index contributed by atoms with van der Waals surface area (Å²) in [4.78, 5) is 11.5. The quantitative estimate of drug-likeness (QED) is 0.877. The zero-order chi connectivity index (χ0) is 12.8. The van der Waals surface area contributed by atoms with E-state index in [4.69, 9.17) is 0 Å². The van der Waals surface area contributed by atoms with Crippen LogP contribution in [0.15, 0.2) is 22.7 Å². The fraction of sp³-hybridized carbons (Fsp3) is 0.462. The van der Waals surface area contributed by atoms with E-state index in [0.29, 0.717) is 12.5 Å². The molecule has 1 aromatic rings. The van der Waals surface area contributed by atoms with Gasteiger partial charge in [0, 0.05) is 16.7 Å². The van der Waals surface area contributed by atoms with Crippen LogP contribution in [0.5, 0.6) is 0 Å². The first-order valence-corrected chi connectivity index (χ1v) is 6.55. The second-order valence-electron chi connectivity index (χ2n) is 4.49. The summed E-state index contributed by atoms with van der Waals surface area (Å²) in [6.07, 6.45) is 0. The van der Waals surface area contributed by atoms with Gasteiger partial charge in [-0.2, -0.15) is 0 Å². The number of halogens is 1. The van der Waals surface area contributed by atoms with Gasteiger partial charge in [0.15, 0.2) is 0 Å². The van der Waals surface area contributed by atoms with E-state index in [1.165, 1.54) is 0 Å². The van der Waals surface area contributed by atoms with Crippen LogP contribution in [0.3, 0.4) is 0 Å². The molecule has 0 aliphatic carbocycles. The van der Waals surface area contributed by atoms with Crippen molar-refractivity contribution >= 4 is 27.5 Å². The number of anilines is 1. The summed E-state index contributed by atoms with van der Waals surface area (Å²) >= 11 is 3.50. The summed E-state index contributed by atoms with van der Waals surface area (Å²) in [7, 11) is 0. The predicted molar refractivity (Wildman–Crippen MR) is 75.2 cm³/mol. The largest absolute Gasteiger partial charge is 0.375 e. The van der Waals surface area contributed by atoms with Gasteiger partial charge < -0.3 is 10.6 Å². The number of aryl methyl sites for hydroxylation is 1. The molecule has 0 spiro atoms. The lowest BCUT2D eigenvalue weighted by Gasteiger charge is -2.11. The third-order valence-electron chi connectivity index (χ3n) is 2.34. The standard InChI is InChI=1S/C13H19BrN2O/c1-9(2)7-16-12(17)8-15-11-6-4-5-10(3)13(11)14/h4-6,9,15H,7-8H2,1-3H3,(H,16,17). The highest BCUT2D eigenvalue weighted by atomic mass is 79.9. The first-order valence-electron chi connectivity index (χ1n) is 5.76. The number of amides is 1. The average Bonchev–Trinajstić information content (AvgIpc) is 2.28. The van der Waals surface area contributed by atoms with E-state index >= 15 is 0 Å². The van der Waals surface area contributed by atoms with Gasteiger partial charge in [-0.25, -0.2) is 0 Å². The summed E-state index contributed by atoms with van der Waals surface area (Å²) in [6, 6.07) is 5.94. The molecule has 0 atom stereocenters. The Morgan fingerprint density at radius 2 is 2.12 bits per heavy atom. The van der Waals surface area contributed by atoms with E-state index in [1.54, 1.807) is 0 Å². The summed E-state index contributed by atoms with van der Waals surface area (Å²) in [5.74, 6) is 0.497. The maximum atomic E-state index is 11.5. The average molecular weight is 299 g/mol. The molecule has 0 bridgehead atoms. The summed E-state index contributed by atoms with van der Waals surface area (Å²) in [5, 5.41) is 5.99. The smallest absolute Gasteiger partial charge is 0.239 e. The Bertz CT molecular complexity index is 391. The van der Waals surface area contributed by atoms with Crippen molar-refractivity contribution in [1.82, 2.24) is 5.32 Å². The van der Waals surface area contributed by atoms with Gasteiger partial charge in [0.2, 0.25) is 5.91 Å². The predicted octanol–water partition coefficient (Wildman–Crippen LogP) is 2.94. The number of nitrogens with one attached hydrogen (secondary N) is 2. The maximum Gasteiger partial charge on any atom is 0.239 e. The Kier molecular flexibility index (Phi) is 5.48.